The molecule has 4 nitrogen and oxygen atoms in total. The fourth-order valence-corrected chi connectivity index (χ4v) is 2.32. The first-order valence-corrected chi connectivity index (χ1v) is 7.68. The van der Waals surface area contributed by atoms with E-state index in [4.69, 9.17) is 9.47 Å². The highest BCUT2D eigenvalue weighted by molar-refractivity contribution is 5.99. The highest BCUT2D eigenvalue weighted by Crippen LogP contribution is 2.13. The second kappa shape index (κ2) is 8.34. The van der Waals surface area contributed by atoms with Gasteiger partial charge in [-0.15, -0.1) is 0 Å². The van der Waals surface area contributed by atoms with Crippen LogP contribution in [-0.2, 0) is 6.42 Å². The maximum absolute atomic E-state index is 12.4. The van der Waals surface area contributed by atoms with Crippen LogP contribution in [0.5, 0.6) is 11.5 Å². The highest BCUT2D eigenvalue weighted by Gasteiger charge is 2.14. The molecule has 1 atom stereocenters. The van der Waals surface area contributed by atoms with Gasteiger partial charge in [-0.25, -0.2) is 0 Å². The van der Waals surface area contributed by atoms with Crippen LogP contribution in [-0.4, -0.2) is 32.6 Å². The SMILES string of the molecule is COc1ccc(CCN[C@H](C)C(=O)c2ccc(OC)cc2)cc1. The minimum atomic E-state index is -0.221. The van der Waals surface area contributed by atoms with Crippen molar-refractivity contribution in [2.24, 2.45) is 0 Å². The van der Waals surface area contributed by atoms with Gasteiger partial charge < -0.3 is 14.8 Å². The number of Topliss-reactive ketones (excluding diaryl/α,β-unsaturated/α-hetero) is 1. The van der Waals surface area contributed by atoms with Crippen molar-refractivity contribution in [2.45, 2.75) is 19.4 Å². The van der Waals surface area contributed by atoms with Crippen LogP contribution in [0.25, 0.3) is 0 Å². The molecule has 0 heterocycles. The monoisotopic (exact) mass is 313 g/mol. The molecule has 0 saturated heterocycles. The van der Waals surface area contributed by atoms with Crippen molar-refractivity contribution in [1.29, 1.82) is 0 Å². The van der Waals surface area contributed by atoms with Crippen LogP contribution in [0.1, 0.15) is 22.8 Å². The summed E-state index contributed by atoms with van der Waals surface area (Å²) in [5.74, 6) is 1.69. The molecule has 0 amide bonds. The van der Waals surface area contributed by atoms with Crippen molar-refractivity contribution >= 4 is 5.78 Å². The van der Waals surface area contributed by atoms with Gasteiger partial charge in [0.2, 0.25) is 0 Å². The van der Waals surface area contributed by atoms with Gasteiger partial charge in [-0.05, 0) is 61.9 Å². The molecule has 0 radical (unpaired) electrons. The van der Waals surface area contributed by atoms with Crippen molar-refractivity contribution in [3.63, 3.8) is 0 Å². The van der Waals surface area contributed by atoms with E-state index in [-0.39, 0.29) is 11.8 Å². The van der Waals surface area contributed by atoms with Crippen LogP contribution in [0.15, 0.2) is 48.5 Å². The number of ketones is 1. The summed E-state index contributed by atoms with van der Waals surface area (Å²) in [7, 11) is 3.27. The molecule has 0 aliphatic rings. The molecular formula is C19H23NO3. The van der Waals surface area contributed by atoms with Gasteiger partial charge in [-0.1, -0.05) is 12.1 Å². The predicted molar refractivity (Wildman–Crippen MR) is 91.5 cm³/mol. The van der Waals surface area contributed by atoms with Crippen molar-refractivity contribution < 1.29 is 14.3 Å². The third kappa shape index (κ3) is 4.83. The smallest absolute Gasteiger partial charge is 0.179 e. The first-order chi connectivity index (χ1) is 11.1. The van der Waals surface area contributed by atoms with Gasteiger partial charge in [0.25, 0.3) is 0 Å². The zero-order valence-electron chi connectivity index (χ0n) is 13.8. The Hall–Kier alpha value is -2.33. The zero-order chi connectivity index (χ0) is 16.7. The molecule has 0 saturated carbocycles. The minimum absolute atomic E-state index is 0.0855. The molecule has 0 spiro atoms. The number of carbonyl (C=O) groups excluding carboxylic acids is 1. The Morgan fingerprint density at radius 3 is 2.00 bits per heavy atom. The summed E-state index contributed by atoms with van der Waals surface area (Å²) in [6.45, 7) is 2.63. The average molecular weight is 313 g/mol. The van der Waals surface area contributed by atoms with E-state index in [2.05, 4.69) is 5.32 Å². The molecule has 2 aromatic rings. The normalized spacial score (nSPS) is 11.8. The topological polar surface area (TPSA) is 47.6 Å². The Balaban J connectivity index is 1.83. The fraction of sp³-hybridized carbons (Fsp3) is 0.316. The lowest BCUT2D eigenvalue weighted by molar-refractivity contribution is 0.0951. The van der Waals surface area contributed by atoms with Crippen LogP contribution in [0, 0.1) is 0 Å². The van der Waals surface area contributed by atoms with Gasteiger partial charge in [0.1, 0.15) is 11.5 Å². The second-order valence-corrected chi connectivity index (χ2v) is 5.37. The molecule has 1 N–H and O–H groups in total. The van der Waals surface area contributed by atoms with E-state index in [1.807, 2.05) is 31.2 Å². The lowest BCUT2D eigenvalue weighted by Gasteiger charge is -2.13. The maximum Gasteiger partial charge on any atom is 0.179 e. The Kier molecular flexibility index (Phi) is 6.18. The third-order valence-electron chi connectivity index (χ3n) is 3.79. The number of benzene rings is 2. The summed E-state index contributed by atoms with van der Waals surface area (Å²) in [6.07, 6.45) is 0.865. The van der Waals surface area contributed by atoms with Crippen molar-refractivity contribution in [1.82, 2.24) is 5.32 Å². The molecule has 0 aliphatic heterocycles. The lowest BCUT2D eigenvalue weighted by atomic mass is 10.0. The molecule has 0 unspecified atom stereocenters. The van der Waals surface area contributed by atoms with Gasteiger partial charge >= 0.3 is 0 Å². The molecule has 4 heteroatoms. The summed E-state index contributed by atoms with van der Waals surface area (Å²) in [5.41, 5.74) is 1.90. The number of methoxy groups -OCH3 is 2. The van der Waals surface area contributed by atoms with Crippen LogP contribution >= 0.6 is 0 Å². The van der Waals surface area contributed by atoms with Gasteiger partial charge in [0, 0.05) is 5.56 Å². The van der Waals surface area contributed by atoms with Crippen molar-refractivity contribution in [2.75, 3.05) is 20.8 Å². The number of hydrogen-bond donors (Lipinski definition) is 1. The average Bonchev–Trinajstić information content (AvgIpc) is 2.61. The first-order valence-electron chi connectivity index (χ1n) is 7.68. The number of carbonyl (C=O) groups is 1. The van der Waals surface area contributed by atoms with E-state index in [0.29, 0.717) is 5.56 Å². The highest BCUT2D eigenvalue weighted by atomic mass is 16.5. The largest absolute Gasteiger partial charge is 0.497 e. The molecular weight excluding hydrogens is 290 g/mol. The number of ether oxygens (including phenoxy) is 2. The predicted octanol–water partition coefficient (Wildman–Crippen LogP) is 3.11. The zero-order valence-corrected chi connectivity index (χ0v) is 13.8. The van der Waals surface area contributed by atoms with Crippen LogP contribution < -0.4 is 14.8 Å². The standard InChI is InChI=1S/C19H23NO3/c1-14(19(21)16-6-10-18(23-3)11-7-16)20-13-12-15-4-8-17(22-2)9-5-15/h4-11,14,20H,12-13H2,1-3H3/t14-/m1/s1. The van der Waals surface area contributed by atoms with E-state index in [0.717, 1.165) is 24.5 Å². The minimum Gasteiger partial charge on any atom is -0.497 e. The maximum atomic E-state index is 12.4. The lowest BCUT2D eigenvalue weighted by Crippen LogP contribution is -2.35. The third-order valence-corrected chi connectivity index (χ3v) is 3.79. The van der Waals surface area contributed by atoms with E-state index < -0.39 is 0 Å². The van der Waals surface area contributed by atoms with Gasteiger partial charge in [0.05, 0.1) is 20.3 Å². The molecule has 2 aromatic carbocycles. The van der Waals surface area contributed by atoms with Crippen LogP contribution in [0.3, 0.4) is 0 Å². The number of hydrogen-bond acceptors (Lipinski definition) is 4. The summed E-state index contributed by atoms with van der Waals surface area (Å²) >= 11 is 0. The Morgan fingerprint density at radius 2 is 1.48 bits per heavy atom. The number of nitrogens with one attached hydrogen (secondary N) is 1. The summed E-state index contributed by atoms with van der Waals surface area (Å²) < 4.78 is 10.2. The summed E-state index contributed by atoms with van der Waals surface area (Å²) in [6, 6.07) is 14.9. The van der Waals surface area contributed by atoms with Gasteiger partial charge in [0.15, 0.2) is 5.78 Å². The summed E-state index contributed by atoms with van der Waals surface area (Å²) in [4.78, 5) is 12.4. The Bertz CT molecular complexity index is 620. The molecule has 122 valence electrons. The second-order valence-electron chi connectivity index (χ2n) is 5.37. The van der Waals surface area contributed by atoms with Gasteiger partial charge in [-0.3, -0.25) is 4.79 Å². The molecule has 23 heavy (non-hydrogen) atoms. The molecule has 0 bridgehead atoms. The molecule has 0 fully saturated rings. The van der Waals surface area contributed by atoms with Gasteiger partial charge in [-0.2, -0.15) is 0 Å². The first kappa shape index (κ1) is 17.0. The van der Waals surface area contributed by atoms with Crippen LogP contribution in [0.2, 0.25) is 0 Å². The summed E-state index contributed by atoms with van der Waals surface area (Å²) in [5, 5.41) is 3.27. The fourth-order valence-electron chi connectivity index (χ4n) is 2.32. The van der Waals surface area contributed by atoms with E-state index in [1.54, 1.807) is 38.5 Å². The molecule has 2 rings (SSSR count). The Labute approximate surface area is 137 Å². The van der Waals surface area contributed by atoms with E-state index in [9.17, 15) is 4.79 Å². The van der Waals surface area contributed by atoms with Crippen molar-refractivity contribution in [3.8, 4) is 11.5 Å². The van der Waals surface area contributed by atoms with E-state index in [1.165, 1.54) is 5.56 Å². The Morgan fingerprint density at radius 1 is 0.957 bits per heavy atom. The van der Waals surface area contributed by atoms with Crippen molar-refractivity contribution in [3.05, 3.63) is 59.7 Å². The molecule has 0 aromatic heterocycles. The number of rotatable bonds is 8. The molecule has 0 aliphatic carbocycles. The quantitative estimate of drug-likeness (QED) is 0.761. The van der Waals surface area contributed by atoms with Crippen LogP contribution in [0.4, 0.5) is 0 Å². The van der Waals surface area contributed by atoms with E-state index >= 15 is 0 Å².